The topological polar surface area (TPSA) is 128 Å². The van der Waals surface area contributed by atoms with Crippen LogP contribution in [0.25, 0.3) is 0 Å². The average Bonchev–Trinajstić information content (AvgIpc) is 3.08. The summed E-state index contributed by atoms with van der Waals surface area (Å²) in [7, 11) is 0. The molecule has 0 aliphatic rings. The minimum atomic E-state index is -0.860. The Hall–Kier alpha value is -3.48. The number of aromatic hydroxyl groups is 1. The molecule has 0 unspecified atom stereocenters. The second-order valence-electron chi connectivity index (χ2n) is 11.1. The second kappa shape index (κ2) is 16.8. The van der Waals surface area contributed by atoms with Gasteiger partial charge in [-0.1, -0.05) is 89.3 Å². The molecule has 0 aliphatic heterocycles. The summed E-state index contributed by atoms with van der Waals surface area (Å²) < 4.78 is 2.76. The van der Waals surface area contributed by atoms with Gasteiger partial charge in [-0.05, 0) is 108 Å². The van der Waals surface area contributed by atoms with Crippen molar-refractivity contribution in [3.8, 4) is 5.75 Å². The first-order chi connectivity index (χ1) is 23.0. The molecular weight excluding hydrogens is 804 g/mol. The van der Waals surface area contributed by atoms with E-state index in [9.17, 15) is 14.7 Å². The lowest BCUT2D eigenvalue weighted by atomic mass is 10.0. The number of benzene rings is 4. The summed E-state index contributed by atoms with van der Waals surface area (Å²) in [6, 6.07) is 11.8. The van der Waals surface area contributed by atoms with Crippen LogP contribution in [0.2, 0.25) is 0 Å². The van der Waals surface area contributed by atoms with E-state index in [1.165, 1.54) is 0 Å². The first kappa shape index (κ1) is 37.3. The van der Waals surface area contributed by atoms with Crippen LogP contribution >= 0.6 is 47.8 Å². The zero-order chi connectivity index (χ0) is 35.1. The summed E-state index contributed by atoms with van der Waals surface area (Å²) in [5, 5.41) is 28.1. The van der Waals surface area contributed by atoms with Crippen LogP contribution in [0.5, 0.6) is 5.75 Å². The van der Waals surface area contributed by atoms with Gasteiger partial charge in [-0.25, -0.2) is 0 Å². The van der Waals surface area contributed by atoms with Crippen molar-refractivity contribution < 1.29 is 5.11 Å². The van der Waals surface area contributed by atoms with Gasteiger partial charge in [-0.15, -0.1) is 10.2 Å². The van der Waals surface area contributed by atoms with Crippen molar-refractivity contribution in [2.75, 3.05) is 10.9 Å². The Labute approximate surface area is 305 Å². The van der Waals surface area contributed by atoms with Crippen molar-refractivity contribution in [2.24, 2.45) is 20.4 Å². The summed E-state index contributed by atoms with van der Waals surface area (Å²) >= 11 is 10.7. The Balaban J connectivity index is 2.02. The van der Waals surface area contributed by atoms with Crippen LogP contribution in [0.4, 0.5) is 22.7 Å². The molecule has 0 aromatic heterocycles. The zero-order valence-electron chi connectivity index (χ0n) is 27.9. The molecule has 0 heterocycles. The molecule has 48 heavy (non-hydrogen) atoms. The predicted molar refractivity (Wildman–Crippen MR) is 204 cm³/mol. The number of aryl methyl sites for hydroxylation is 6. The van der Waals surface area contributed by atoms with E-state index in [-0.39, 0.29) is 5.36 Å². The van der Waals surface area contributed by atoms with E-state index in [0.29, 0.717) is 49.9 Å². The molecule has 0 atom stereocenters. The first-order valence-corrected chi connectivity index (χ1v) is 18.4. The van der Waals surface area contributed by atoms with E-state index in [2.05, 4.69) is 79.1 Å². The number of hydrogen-bond acceptors (Lipinski definition) is 9. The van der Waals surface area contributed by atoms with Gasteiger partial charge in [0.15, 0.2) is 22.2 Å². The van der Waals surface area contributed by atoms with E-state index in [4.69, 9.17) is 0 Å². The molecule has 4 rings (SSSR count). The molecule has 3 N–H and O–H groups in total. The van der Waals surface area contributed by atoms with Gasteiger partial charge in [0, 0.05) is 13.4 Å². The maximum absolute atomic E-state index is 13.9. The molecule has 0 bridgehead atoms. The molecule has 9 nitrogen and oxygen atoms in total. The minimum absolute atomic E-state index is 0.388. The monoisotopic (exact) mass is 840 g/mol. The van der Waals surface area contributed by atoms with Crippen LogP contribution in [0.3, 0.4) is 0 Å². The fraction of sp³-hybridized carbons (Fsp3) is 0.333. The highest BCUT2D eigenvalue weighted by Crippen LogP contribution is 2.32. The smallest absolute Gasteiger partial charge is 0.241 e. The van der Waals surface area contributed by atoms with Crippen LogP contribution in [-0.2, 0) is 38.5 Å². The highest BCUT2D eigenvalue weighted by molar-refractivity contribution is 9.11. The number of azo groups is 1. The third-order valence-corrected chi connectivity index (χ3v) is 9.54. The summed E-state index contributed by atoms with van der Waals surface area (Å²) in [5.41, 5.74) is 11.6. The van der Waals surface area contributed by atoms with Gasteiger partial charge in [0.1, 0.15) is 0 Å². The molecule has 252 valence electrons. The minimum Gasteiger partial charge on any atom is -0.504 e. The maximum Gasteiger partial charge on any atom is 0.241 e. The second-order valence-corrected chi connectivity index (χ2v) is 13.8. The molecule has 12 heteroatoms. The highest BCUT2D eigenvalue weighted by atomic mass is 79.9. The third kappa shape index (κ3) is 8.03. The molecule has 4 aromatic rings. The molecule has 0 amide bonds. The lowest BCUT2D eigenvalue weighted by Crippen LogP contribution is -2.48. The van der Waals surface area contributed by atoms with Crippen molar-refractivity contribution in [1.29, 1.82) is 0 Å². The largest absolute Gasteiger partial charge is 0.504 e. The van der Waals surface area contributed by atoms with E-state index in [0.717, 1.165) is 52.5 Å². The molecular formula is C36H39Br3N6O3. The van der Waals surface area contributed by atoms with Gasteiger partial charge < -0.3 is 5.11 Å². The lowest BCUT2D eigenvalue weighted by Gasteiger charge is -2.13. The number of nitrogens with zero attached hydrogens (tertiary/aromatic N) is 4. The first-order valence-electron chi connectivity index (χ1n) is 16.1. The number of anilines is 2. The predicted octanol–water partition coefficient (Wildman–Crippen LogP) is 8.92. The van der Waals surface area contributed by atoms with Crippen LogP contribution < -0.4 is 32.4 Å². The van der Waals surface area contributed by atoms with Crippen molar-refractivity contribution in [1.82, 2.24) is 0 Å². The summed E-state index contributed by atoms with van der Waals surface area (Å²) in [5.74, 6) is -0.672. The van der Waals surface area contributed by atoms with Crippen molar-refractivity contribution >= 4 is 70.5 Å². The Morgan fingerprint density at radius 2 is 0.854 bits per heavy atom. The Morgan fingerprint density at radius 3 is 1.23 bits per heavy atom. The van der Waals surface area contributed by atoms with Gasteiger partial charge in [-0.3, -0.25) is 20.4 Å². The average molecular weight is 843 g/mol. The summed E-state index contributed by atoms with van der Waals surface area (Å²) in [6.45, 7) is 12.1. The van der Waals surface area contributed by atoms with Crippen molar-refractivity contribution in [2.45, 2.75) is 80.1 Å². The van der Waals surface area contributed by atoms with Crippen molar-refractivity contribution in [3.63, 3.8) is 0 Å². The number of rotatable bonds is 12. The van der Waals surface area contributed by atoms with E-state index in [1.807, 2.05) is 77.9 Å². The summed E-state index contributed by atoms with van der Waals surface area (Å²) in [4.78, 5) is 27.8. The van der Waals surface area contributed by atoms with Crippen LogP contribution in [0.1, 0.15) is 74.9 Å². The van der Waals surface area contributed by atoms with Gasteiger partial charge in [0.05, 0.1) is 17.1 Å². The summed E-state index contributed by atoms with van der Waals surface area (Å²) in [6.07, 6.45) is 4.12. The third-order valence-electron chi connectivity index (χ3n) is 8.17. The molecule has 0 spiro atoms. The lowest BCUT2D eigenvalue weighted by molar-refractivity contribution is 0.467. The highest BCUT2D eigenvalue weighted by Gasteiger charge is 2.19. The van der Waals surface area contributed by atoms with Crippen molar-refractivity contribution in [3.05, 3.63) is 114 Å². The van der Waals surface area contributed by atoms with Gasteiger partial charge in [-0.2, -0.15) is 10.2 Å². The standard InChI is InChI=1S/C36H39Br3N6O3/c1-7-19-13-25(37)14-20(8-2)28(19)40-43-31-34(46)32(44-41-29-21(9-3)15-26(38)16-22(29)10-4)36(48)33(35(31)47)45-42-30-23(11-5)17-27(39)18-24(30)12-6/h13-18,40-41,47H,7-12H2,1-6H3/b43-31+,44-32-,45-42?. The number of halogens is 3. The number of phenols is 1. The molecule has 0 saturated heterocycles. The van der Waals surface area contributed by atoms with Gasteiger partial charge in [0.2, 0.25) is 10.9 Å². The Kier molecular flexibility index (Phi) is 13.0. The van der Waals surface area contributed by atoms with Gasteiger partial charge in [0.25, 0.3) is 0 Å². The fourth-order valence-electron chi connectivity index (χ4n) is 5.51. The zero-order valence-corrected chi connectivity index (χ0v) is 32.7. The normalized spacial score (nSPS) is 12.4. The van der Waals surface area contributed by atoms with E-state index >= 15 is 0 Å². The molecule has 0 saturated carbocycles. The van der Waals surface area contributed by atoms with E-state index < -0.39 is 27.7 Å². The van der Waals surface area contributed by atoms with Gasteiger partial charge >= 0.3 is 0 Å². The Bertz CT molecular complexity index is 2030. The van der Waals surface area contributed by atoms with Crippen LogP contribution in [0.15, 0.2) is 79.8 Å². The molecule has 0 radical (unpaired) electrons. The fourth-order valence-corrected chi connectivity index (χ4v) is 7.17. The van der Waals surface area contributed by atoms with Crippen LogP contribution in [-0.4, -0.2) is 5.11 Å². The number of phenolic OH excluding ortho intramolecular Hbond substituents is 1. The molecule has 0 aliphatic carbocycles. The molecule has 4 aromatic carbocycles. The van der Waals surface area contributed by atoms with E-state index in [1.54, 1.807) is 0 Å². The maximum atomic E-state index is 13.9. The molecule has 0 fully saturated rings. The SMILES string of the molecule is CCc1cc(Br)cc(CC)c1N=Nc1c(O)/c(=N/Nc2c(CC)cc(Br)cc2CC)c(=O)/c(=N/Nc2c(CC)cc(Br)cc2CC)c1=O. The Morgan fingerprint density at radius 1 is 0.521 bits per heavy atom. The number of hydrogen-bond donors (Lipinski definition) is 3. The number of nitrogens with one attached hydrogen (secondary N) is 2. The quantitative estimate of drug-likeness (QED) is 0.0970. The van der Waals surface area contributed by atoms with Crippen LogP contribution in [0, 0.1) is 0 Å².